The van der Waals surface area contributed by atoms with Crippen LogP contribution in [0.2, 0.25) is 0 Å². The second-order valence-corrected chi connectivity index (χ2v) is 8.34. The fourth-order valence-electron chi connectivity index (χ4n) is 5.50. The summed E-state index contributed by atoms with van der Waals surface area (Å²) in [4.78, 5) is 13.9. The third kappa shape index (κ3) is 3.46. The van der Waals surface area contributed by atoms with Gasteiger partial charge in [-0.05, 0) is 43.7 Å². The van der Waals surface area contributed by atoms with Crippen molar-refractivity contribution in [1.82, 2.24) is 9.47 Å². The van der Waals surface area contributed by atoms with E-state index >= 15 is 0 Å². The first-order valence-electron chi connectivity index (χ1n) is 10.8. The monoisotopic (exact) mass is 396 g/mol. The van der Waals surface area contributed by atoms with Crippen LogP contribution in [0, 0.1) is 5.41 Å². The Hall–Kier alpha value is -2.27. The summed E-state index contributed by atoms with van der Waals surface area (Å²) < 4.78 is 13.5. The quantitative estimate of drug-likeness (QED) is 0.566. The molecule has 3 heterocycles. The Morgan fingerprint density at radius 2 is 2.03 bits per heavy atom. The Morgan fingerprint density at radius 3 is 2.79 bits per heavy atom. The molecule has 156 valence electrons. The van der Waals surface area contributed by atoms with Crippen LogP contribution in [-0.2, 0) is 27.2 Å². The molecule has 5 heteroatoms. The minimum absolute atomic E-state index is 0.140. The van der Waals surface area contributed by atoms with Crippen LogP contribution in [0.15, 0.2) is 36.5 Å². The van der Waals surface area contributed by atoms with E-state index in [4.69, 9.17) is 9.47 Å². The average molecular weight is 397 g/mol. The molecule has 2 aliphatic rings. The molecule has 0 spiro atoms. The van der Waals surface area contributed by atoms with Crippen LogP contribution in [0.5, 0.6) is 0 Å². The fraction of sp³-hybridized carbons (Fsp3) is 0.542. The van der Waals surface area contributed by atoms with Crippen molar-refractivity contribution < 1.29 is 14.3 Å². The maximum absolute atomic E-state index is 11.6. The van der Waals surface area contributed by atoms with Gasteiger partial charge in [0.15, 0.2) is 0 Å². The van der Waals surface area contributed by atoms with Crippen molar-refractivity contribution in [3.63, 3.8) is 0 Å². The van der Waals surface area contributed by atoms with Crippen LogP contribution in [0.4, 0.5) is 0 Å². The Morgan fingerprint density at radius 1 is 1.21 bits per heavy atom. The molecule has 29 heavy (non-hydrogen) atoms. The van der Waals surface area contributed by atoms with Crippen LogP contribution >= 0.6 is 0 Å². The van der Waals surface area contributed by atoms with E-state index in [1.54, 1.807) is 0 Å². The van der Waals surface area contributed by atoms with Gasteiger partial charge in [0.05, 0.1) is 12.8 Å². The van der Waals surface area contributed by atoms with E-state index in [1.807, 2.05) is 13.3 Å². The molecule has 2 atom stereocenters. The van der Waals surface area contributed by atoms with Crippen molar-refractivity contribution in [3.8, 4) is 0 Å². The molecule has 1 aromatic carbocycles. The number of nitrogens with zero attached hydrogens (tertiary/aromatic N) is 2. The lowest BCUT2D eigenvalue weighted by Gasteiger charge is -2.45. The van der Waals surface area contributed by atoms with Gasteiger partial charge in [0.1, 0.15) is 6.10 Å². The molecular weight excluding hydrogens is 364 g/mol. The predicted molar refractivity (Wildman–Crippen MR) is 115 cm³/mol. The van der Waals surface area contributed by atoms with Crippen molar-refractivity contribution >= 4 is 16.9 Å². The molecule has 0 amide bonds. The Labute approximate surface area is 173 Å². The summed E-state index contributed by atoms with van der Waals surface area (Å²) >= 11 is 0. The van der Waals surface area contributed by atoms with Gasteiger partial charge < -0.3 is 18.9 Å². The number of para-hydroxylation sites is 1. The number of rotatable bonds is 4. The summed E-state index contributed by atoms with van der Waals surface area (Å²) in [7, 11) is 3.30. The first kappa shape index (κ1) is 20.0. The van der Waals surface area contributed by atoms with Gasteiger partial charge in [0, 0.05) is 55.3 Å². The molecule has 0 aliphatic carbocycles. The zero-order valence-corrected chi connectivity index (χ0v) is 17.8. The maximum atomic E-state index is 11.6. The number of carbonyl (C=O) groups excluding carboxylic acids is 1. The SMILES string of the molecule is CCC12CCCN(/C=C/C(=O)OC)CCc3c(n(c4ccccc34)CC1)C2OC. The van der Waals surface area contributed by atoms with Crippen LogP contribution < -0.4 is 0 Å². The van der Waals surface area contributed by atoms with Gasteiger partial charge in [-0.2, -0.15) is 0 Å². The lowest BCUT2D eigenvalue weighted by molar-refractivity contribution is -0.134. The molecule has 0 radical (unpaired) electrons. The molecular formula is C24H32N2O3. The highest BCUT2D eigenvalue weighted by Crippen LogP contribution is 2.52. The molecule has 2 bridgehead atoms. The van der Waals surface area contributed by atoms with E-state index in [1.165, 1.54) is 35.3 Å². The standard InChI is InChI=1S/C24H32N2O3/c1-4-24-12-7-14-25(16-11-21(27)28-2)15-10-19-18-8-5-6-9-20(18)26(17-13-24)22(19)23(24)29-3/h5-6,8-9,11,16,23H,4,7,10,12-15,17H2,1-3H3/b16-11+. The van der Waals surface area contributed by atoms with Gasteiger partial charge >= 0.3 is 5.97 Å². The first-order chi connectivity index (χ1) is 14.1. The third-order valence-corrected chi connectivity index (χ3v) is 7.09. The maximum Gasteiger partial charge on any atom is 0.331 e. The number of aromatic nitrogens is 1. The predicted octanol–water partition coefficient (Wildman–Crippen LogP) is 4.45. The summed E-state index contributed by atoms with van der Waals surface area (Å²) in [6, 6.07) is 8.75. The largest absolute Gasteiger partial charge is 0.466 e. The number of carbonyl (C=O) groups is 1. The van der Waals surface area contributed by atoms with Gasteiger partial charge in [-0.3, -0.25) is 0 Å². The molecule has 4 rings (SSSR count). The lowest BCUT2D eigenvalue weighted by atomic mass is 9.69. The number of benzene rings is 1. The number of esters is 1. The molecule has 0 N–H and O–H groups in total. The van der Waals surface area contributed by atoms with E-state index in [0.29, 0.717) is 0 Å². The van der Waals surface area contributed by atoms with Crippen LogP contribution in [0.1, 0.15) is 50.0 Å². The van der Waals surface area contributed by atoms with Gasteiger partial charge in [-0.25, -0.2) is 4.79 Å². The Kier molecular flexibility index (Phi) is 5.68. The van der Waals surface area contributed by atoms with Gasteiger partial charge in [0.2, 0.25) is 0 Å². The van der Waals surface area contributed by atoms with Crippen molar-refractivity contribution in [2.24, 2.45) is 5.41 Å². The molecule has 0 saturated carbocycles. The highest BCUT2D eigenvalue weighted by molar-refractivity contribution is 5.86. The molecule has 2 unspecified atom stereocenters. The van der Waals surface area contributed by atoms with Gasteiger partial charge in [-0.15, -0.1) is 0 Å². The van der Waals surface area contributed by atoms with E-state index in [2.05, 4.69) is 40.7 Å². The molecule has 0 fully saturated rings. The van der Waals surface area contributed by atoms with E-state index in [9.17, 15) is 4.79 Å². The topological polar surface area (TPSA) is 43.7 Å². The smallest absolute Gasteiger partial charge is 0.331 e. The second kappa shape index (κ2) is 8.23. The summed E-state index contributed by atoms with van der Waals surface area (Å²) in [5.41, 5.74) is 4.27. The van der Waals surface area contributed by atoms with E-state index < -0.39 is 0 Å². The van der Waals surface area contributed by atoms with Crippen molar-refractivity contribution in [1.29, 1.82) is 0 Å². The van der Waals surface area contributed by atoms with Crippen molar-refractivity contribution in [3.05, 3.63) is 47.8 Å². The number of ether oxygens (including phenoxy) is 2. The summed E-state index contributed by atoms with van der Waals surface area (Å²) in [6.07, 6.45) is 9.00. The number of fused-ring (bicyclic) bond motifs is 4. The van der Waals surface area contributed by atoms with Crippen molar-refractivity contribution in [2.75, 3.05) is 27.3 Å². The normalized spacial score (nSPS) is 24.8. The van der Waals surface area contributed by atoms with Crippen LogP contribution in [0.3, 0.4) is 0 Å². The van der Waals surface area contributed by atoms with Crippen LogP contribution in [0.25, 0.3) is 10.9 Å². The lowest BCUT2D eigenvalue weighted by Crippen LogP contribution is -2.39. The first-order valence-corrected chi connectivity index (χ1v) is 10.8. The summed E-state index contributed by atoms with van der Waals surface area (Å²) in [5, 5.41) is 1.34. The highest BCUT2D eigenvalue weighted by atomic mass is 16.5. The molecule has 1 aromatic heterocycles. The van der Waals surface area contributed by atoms with E-state index in [-0.39, 0.29) is 17.5 Å². The Balaban J connectivity index is 1.80. The van der Waals surface area contributed by atoms with Crippen LogP contribution in [-0.4, -0.2) is 42.7 Å². The fourth-order valence-corrected chi connectivity index (χ4v) is 5.50. The summed E-state index contributed by atoms with van der Waals surface area (Å²) in [5.74, 6) is -0.303. The summed E-state index contributed by atoms with van der Waals surface area (Å²) in [6.45, 7) is 5.20. The molecule has 0 saturated heterocycles. The van der Waals surface area contributed by atoms with E-state index in [0.717, 1.165) is 51.7 Å². The molecule has 2 aromatic rings. The van der Waals surface area contributed by atoms with Crippen molar-refractivity contribution in [2.45, 2.75) is 51.7 Å². The average Bonchev–Trinajstić information content (AvgIpc) is 3.08. The number of hydrogen-bond acceptors (Lipinski definition) is 4. The zero-order valence-electron chi connectivity index (χ0n) is 17.8. The second-order valence-electron chi connectivity index (χ2n) is 8.34. The Bertz CT molecular complexity index is 916. The highest BCUT2D eigenvalue weighted by Gasteiger charge is 2.44. The third-order valence-electron chi connectivity index (χ3n) is 7.09. The minimum Gasteiger partial charge on any atom is -0.466 e. The van der Waals surface area contributed by atoms with Gasteiger partial charge in [0.25, 0.3) is 0 Å². The molecule has 5 nitrogen and oxygen atoms in total. The number of methoxy groups -OCH3 is 2. The van der Waals surface area contributed by atoms with Gasteiger partial charge in [-0.1, -0.05) is 25.1 Å². The minimum atomic E-state index is -0.303. The molecule has 2 aliphatic heterocycles. The zero-order chi connectivity index (χ0) is 20.4. The number of aryl methyl sites for hydroxylation is 1. The number of hydrogen-bond donors (Lipinski definition) is 0.